The molecule has 5 nitrogen and oxygen atoms in total. The van der Waals surface area contributed by atoms with Gasteiger partial charge < -0.3 is 14.8 Å². The SMILES string of the molecule is CCCSC1=C(C#N)C(c2ccc(OC)c(OC)c2)C2=C(CC(C)(C)CC2=O)N1. The number of nitrogens with zero attached hydrogens (tertiary/aromatic N) is 1. The van der Waals surface area contributed by atoms with E-state index in [9.17, 15) is 10.1 Å². The third-order valence-electron chi connectivity index (χ3n) is 5.32. The molecule has 0 radical (unpaired) electrons. The fourth-order valence-electron chi connectivity index (χ4n) is 4.06. The van der Waals surface area contributed by atoms with Gasteiger partial charge >= 0.3 is 0 Å². The molecule has 0 saturated carbocycles. The summed E-state index contributed by atoms with van der Waals surface area (Å²) in [6.07, 6.45) is 2.27. The van der Waals surface area contributed by atoms with Gasteiger partial charge in [-0.2, -0.15) is 5.26 Å². The van der Waals surface area contributed by atoms with Crippen molar-refractivity contribution < 1.29 is 14.3 Å². The summed E-state index contributed by atoms with van der Waals surface area (Å²) in [5.41, 5.74) is 3.03. The topological polar surface area (TPSA) is 71.3 Å². The fourth-order valence-corrected chi connectivity index (χ4v) is 4.98. The predicted molar refractivity (Wildman–Crippen MR) is 116 cm³/mol. The number of nitrogens with one attached hydrogen (secondary N) is 1. The van der Waals surface area contributed by atoms with Crippen LogP contribution in [0, 0.1) is 16.7 Å². The number of allylic oxidation sites excluding steroid dienone is 3. The maximum absolute atomic E-state index is 13.2. The first-order valence-corrected chi connectivity index (χ1v) is 10.9. The second kappa shape index (κ2) is 8.54. The summed E-state index contributed by atoms with van der Waals surface area (Å²) in [6, 6.07) is 8.03. The molecule has 6 heteroatoms. The van der Waals surface area contributed by atoms with Crippen LogP contribution in [0.25, 0.3) is 0 Å². The highest BCUT2D eigenvalue weighted by molar-refractivity contribution is 8.03. The van der Waals surface area contributed by atoms with Crippen LogP contribution in [0.1, 0.15) is 51.5 Å². The molecule has 1 unspecified atom stereocenters. The molecular weight excluding hydrogens is 384 g/mol. The minimum atomic E-state index is -0.390. The Hall–Kier alpha value is -2.39. The summed E-state index contributed by atoms with van der Waals surface area (Å²) in [7, 11) is 3.18. The molecule has 1 heterocycles. The molecule has 1 aliphatic heterocycles. The highest BCUT2D eigenvalue weighted by Crippen LogP contribution is 2.48. The number of carbonyl (C=O) groups excluding carboxylic acids is 1. The molecule has 3 rings (SSSR count). The lowest BCUT2D eigenvalue weighted by Gasteiger charge is -2.39. The first-order valence-electron chi connectivity index (χ1n) is 9.87. The van der Waals surface area contributed by atoms with E-state index in [4.69, 9.17) is 9.47 Å². The van der Waals surface area contributed by atoms with Crippen molar-refractivity contribution in [3.63, 3.8) is 0 Å². The first kappa shape index (κ1) is 21.3. The zero-order valence-electron chi connectivity index (χ0n) is 17.7. The van der Waals surface area contributed by atoms with Crippen LogP contribution in [0.15, 0.2) is 40.1 Å². The second-order valence-electron chi connectivity index (χ2n) is 8.21. The molecule has 1 aromatic carbocycles. The Balaban J connectivity index is 2.18. The number of ether oxygens (including phenoxy) is 2. The van der Waals surface area contributed by atoms with Gasteiger partial charge in [-0.3, -0.25) is 4.79 Å². The molecule has 0 spiro atoms. The largest absolute Gasteiger partial charge is 0.493 e. The van der Waals surface area contributed by atoms with E-state index in [1.54, 1.807) is 26.0 Å². The van der Waals surface area contributed by atoms with Crippen LogP contribution in [0.2, 0.25) is 0 Å². The molecule has 2 aliphatic rings. The van der Waals surface area contributed by atoms with Crippen LogP contribution >= 0.6 is 11.8 Å². The number of Topliss-reactive ketones (excluding diaryl/α,β-unsaturated/α-hetero) is 1. The number of hydrogen-bond acceptors (Lipinski definition) is 6. The minimum Gasteiger partial charge on any atom is -0.493 e. The molecule has 1 atom stereocenters. The lowest BCUT2D eigenvalue weighted by Crippen LogP contribution is -2.36. The standard InChI is InChI=1S/C23H28N2O3S/c1-6-9-29-22-15(13-24)20(14-7-8-18(27-4)19(10-14)28-5)21-16(25-22)11-23(2,3)12-17(21)26/h7-8,10,20,25H,6,9,11-12H2,1-5H3. The number of benzene rings is 1. The smallest absolute Gasteiger partial charge is 0.162 e. The summed E-state index contributed by atoms with van der Waals surface area (Å²) >= 11 is 1.65. The molecule has 1 aliphatic carbocycles. The van der Waals surface area contributed by atoms with Gasteiger partial charge in [0.25, 0.3) is 0 Å². The zero-order chi connectivity index (χ0) is 21.2. The van der Waals surface area contributed by atoms with Crippen molar-refractivity contribution in [2.24, 2.45) is 5.41 Å². The van der Waals surface area contributed by atoms with Gasteiger partial charge in [-0.05, 0) is 41.7 Å². The van der Waals surface area contributed by atoms with Crippen LogP contribution in [-0.4, -0.2) is 25.8 Å². The van der Waals surface area contributed by atoms with Crippen LogP contribution in [-0.2, 0) is 4.79 Å². The predicted octanol–water partition coefficient (Wildman–Crippen LogP) is 4.91. The third kappa shape index (κ3) is 4.16. The average Bonchev–Trinajstić information content (AvgIpc) is 2.69. The molecule has 0 amide bonds. The number of carbonyl (C=O) groups is 1. The highest BCUT2D eigenvalue weighted by atomic mass is 32.2. The van der Waals surface area contributed by atoms with Gasteiger partial charge in [0.15, 0.2) is 17.3 Å². The molecule has 0 bridgehead atoms. The number of methoxy groups -OCH3 is 2. The van der Waals surface area contributed by atoms with E-state index >= 15 is 0 Å². The number of nitriles is 1. The average molecular weight is 413 g/mol. The molecule has 1 aromatic rings. The van der Waals surface area contributed by atoms with Crippen molar-refractivity contribution >= 4 is 17.5 Å². The summed E-state index contributed by atoms with van der Waals surface area (Å²) in [5.74, 6) is 1.84. The monoisotopic (exact) mass is 412 g/mol. The Labute approximate surface area is 177 Å². The summed E-state index contributed by atoms with van der Waals surface area (Å²) in [6.45, 7) is 6.35. The lowest BCUT2D eigenvalue weighted by molar-refractivity contribution is -0.118. The molecule has 0 saturated heterocycles. The third-order valence-corrected chi connectivity index (χ3v) is 6.54. The molecule has 154 valence electrons. The molecular formula is C23H28N2O3S. The maximum atomic E-state index is 13.2. The number of ketones is 1. The summed E-state index contributed by atoms with van der Waals surface area (Å²) in [5, 5.41) is 14.4. The van der Waals surface area contributed by atoms with Gasteiger partial charge in [0, 0.05) is 17.7 Å². The van der Waals surface area contributed by atoms with Crippen molar-refractivity contribution in [1.29, 1.82) is 5.26 Å². The van der Waals surface area contributed by atoms with E-state index < -0.39 is 0 Å². The van der Waals surface area contributed by atoms with Crippen LogP contribution in [0.3, 0.4) is 0 Å². The summed E-state index contributed by atoms with van der Waals surface area (Å²) < 4.78 is 10.8. The molecule has 29 heavy (non-hydrogen) atoms. The van der Waals surface area contributed by atoms with Gasteiger partial charge in [-0.25, -0.2) is 0 Å². The van der Waals surface area contributed by atoms with E-state index in [0.717, 1.165) is 34.9 Å². The Morgan fingerprint density at radius 3 is 2.59 bits per heavy atom. The number of thioether (sulfide) groups is 1. The van der Waals surface area contributed by atoms with E-state index in [2.05, 4.69) is 32.2 Å². The zero-order valence-corrected chi connectivity index (χ0v) is 18.5. The lowest BCUT2D eigenvalue weighted by atomic mass is 9.69. The van der Waals surface area contributed by atoms with Gasteiger partial charge in [0.1, 0.15) is 0 Å². The van der Waals surface area contributed by atoms with Gasteiger partial charge in [-0.15, -0.1) is 11.8 Å². The van der Waals surface area contributed by atoms with Crippen LogP contribution in [0.4, 0.5) is 0 Å². The van der Waals surface area contributed by atoms with Crippen LogP contribution in [0.5, 0.6) is 11.5 Å². The quantitative estimate of drug-likeness (QED) is 0.716. The van der Waals surface area contributed by atoms with Gasteiger partial charge in [-0.1, -0.05) is 26.8 Å². The number of dihydropyridines is 1. The van der Waals surface area contributed by atoms with Crippen LogP contribution < -0.4 is 14.8 Å². The minimum absolute atomic E-state index is 0.101. The first-order chi connectivity index (χ1) is 13.8. The van der Waals surface area contributed by atoms with E-state index in [0.29, 0.717) is 29.1 Å². The van der Waals surface area contributed by atoms with Crippen molar-refractivity contribution in [1.82, 2.24) is 5.32 Å². The molecule has 0 aromatic heterocycles. The van der Waals surface area contributed by atoms with Crippen molar-refractivity contribution in [3.8, 4) is 17.6 Å². The highest BCUT2D eigenvalue weighted by Gasteiger charge is 2.42. The normalized spacial score (nSPS) is 20.7. The van der Waals surface area contributed by atoms with E-state index in [-0.39, 0.29) is 17.1 Å². The van der Waals surface area contributed by atoms with Crippen molar-refractivity contribution in [2.75, 3.05) is 20.0 Å². The van der Waals surface area contributed by atoms with Crippen molar-refractivity contribution in [2.45, 2.75) is 46.0 Å². The molecule has 1 N–H and O–H groups in total. The van der Waals surface area contributed by atoms with Crippen molar-refractivity contribution in [3.05, 3.63) is 45.6 Å². The fraction of sp³-hybridized carbons (Fsp3) is 0.478. The van der Waals surface area contributed by atoms with E-state index in [1.165, 1.54) is 0 Å². The number of hydrogen-bond donors (Lipinski definition) is 1. The Kier molecular flexibility index (Phi) is 6.28. The number of rotatable bonds is 6. The Bertz CT molecular complexity index is 925. The Morgan fingerprint density at radius 2 is 1.97 bits per heavy atom. The Morgan fingerprint density at radius 1 is 1.24 bits per heavy atom. The molecule has 0 fully saturated rings. The second-order valence-corrected chi connectivity index (χ2v) is 9.31. The van der Waals surface area contributed by atoms with Gasteiger partial charge in [0.05, 0.1) is 36.8 Å². The van der Waals surface area contributed by atoms with E-state index in [1.807, 2.05) is 18.2 Å². The van der Waals surface area contributed by atoms with Gasteiger partial charge in [0.2, 0.25) is 0 Å². The maximum Gasteiger partial charge on any atom is 0.162 e. The summed E-state index contributed by atoms with van der Waals surface area (Å²) in [4.78, 5) is 13.2.